The quantitative estimate of drug-likeness (QED) is 0.304. The summed E-state index contributed by atoms with van der Waals surface area (Å²) in [7, 11) is 0. The van der Waals surface area contributed by atoms with Crippen LogP contribution in [-0.4, -0.2) is 46.1 Å². The molecule has 2 fully saturated rings. The molecule has 2 heterocycles. The molecule has 2 N–H and O–H groups in total. The number of amides is 1. The van der Waals surface area contributed by atoms with Crippen molar-refractivity contribution in [2.75, 3.05) is 18.4 Å². The maximum Gasteiger partial charge on any atom is 0.257 e. The molecule has 0 bridgehead atoms. The Morgan fingerprint density at radius 1 is 1.10 bits per heavy atom. The van der Waals surface area contributed by atoms with E-state index in [1.54, 1.807) is 24.5 Å². The molecule has 0 unspecified atom stereocenters. The van der Waals surface area contributed by atoms with Crippen molar-refractivity contribution >= 4 is 11.6 Å². The lowest BCUT2D eigenvalue weighted by Crippen LogP contribution is -2.47. The Kier molecular flexibility index (Phi) is 9.39. The van der Waals surface area contributed by atoms with E-state index < -0.39 is 6.29 Å². The number of hydrogen-bond donors (Lipinski definition) is 2. The van der Waals surface area contributed by atoms with Crippen molar-refractivity contribution in [2.24, 2.45) is 5.92 Å². The number of benzene rings is 2. The Morgan fingerprint density at radius 3 is 2.60 bits per heavy atom. The van der Waals surface area contributed by atoms with E-state index in [0.29, 0.717) is 17.3 Å². The van der Waals surface area contributed by atoms with Gasteiger partial charge >= 0.3 is 0 Å². The predicted octanol–water partition coefficient (Wildman–Crippen LogP) is 6.05. The second-order valence-corrected chi connectivity index (χ2v) is 10.8. The van der Waals surface area contributed by atoms with Crippen molar-refractivity contribution in [1.29, 1.82) is 0 Å². The van der Waals surface area contributed by atoms with Crippen molar-refractivity contribution in [1.82, 2.24) is 9.88 Å². The summed E-state index contributed by atoms with van der Waals surface area (Å²) >= 11 is 0. The number of aliphatic hydroxyl groups is 1. The first kappa shape index (κ1) is 28.2. The van der Waals surface area contributed by atoms with E-state index in [0.717, 1.165) is 29.8 Å². The summed E-state index contributed by atoms with van der Waals surface area (Å²) < 4.78 is 13.3. The molecule has 40 heavy (non-hydrogen) atoms. The minimum absolute atomic E-state index is 0.00514. The maximum absolute atomic E-state index is 12.7. The molecular formula is C33H39N3O4. The smallest absolute Gasteiger partial charge is 0.257 e. The normalized spacial score (nSPS) is 23.3. The highest BCUT2D eigenvalue weighted by Crippen LogP contribution is 2.42. The molecule has 1 aliphatic carbocycles. The third-order valence-electron chi connectivity index (χ3n) is 8.08. The summed E-state index contributed by atoms with van der Waals surface area (Å²) in [6.45, 7) is 7.83. The van der Waals surface area contributed by atoms with Crippen LogP contribution in [0.3, 0.4) is 0 Å². The number of pyridine rings is 1. The number of anilines is 1. The van der Waals surface area contributed by atoms with E-state index in [1.165, 1.54) is 25.7 Å². The van der Waals surface area contributed by atoms with E-state index >= 15 is 0 Å². The lowest BCUT2D eigenvalue weighted by Gasteiger charge is -2.43. The van der Waals surface area contributed by atoms with E-state index in [4.69, 9.17) is 9.47 Å². The van der Waals surface area contributed by atoms with E-state index in [-0.39, 0.29) is 30.6 Å². The summed E-state index contributed by atoms with van der Waals surface area (Å²) in [5.74, 6) is -0.126. The Hall–Kier alpha value is -3.36. The minimum Gasteiger partial charge on any atom is -0.392 e. The van der Waals surface area contributed by atoms with Crippen LogP contribution >= 0.6 is 0 Å². The van der Waals surface area contributed by atoms with Crippen LogP contribution in [0, 0.1) is 5.92 Å². The highest BCUT2D eigenvalue weighted by molar-refractivity contribution is 6.04. The molecule has 5 rings (SSSR count). The average molecular weight is 542 g/mol. The van der Waals surface area contributed by atoms with Gasteiger partial charge in [0.15, 0.2) is 6.29 Å². The van der Waals surface area contributed by atoms with Gasteiger partial charge in [0.25, 0.3) is 5.91 Å². The number of aromatic nitrogens is 1. The molecule has 210 valence electrons. The van der Waals surface area contributed by atoms with Crippen LogP contribution in [0.25, 0.3) is 0 Å². The first-order valence-corrected chi connectivity index (χ1v) is 14.2. The van der Waals surface area contributed by atoms with Crippen molar-refractivity contribution in [3.8, 4) is 0 Å². The predicted molar refractivity (Wildman–Crippen MR) is 156 cm³/mol. The van der Waals surface area contributed by atoms with Crippen molar-refractivity contribution in [2.45, 2.75) is 63.8 Å². The maximum atomic E-state index is 12.7. The third-order valence-corrected chi connectivity index (χ3v) is 8.08. The lowest BCUT2D eigenvalue weighted by molar-refractivity contribution is -0.276. The number of hydrogen-bond acceptors (Lipinski definition) is 6. The topological polar surface area (TPSA) is 83.9 Å². The SMILES string of the molecule is C=CCN(C[C@@H]1O[C@H](c2cccc(NC(=O)c3cccnc3)c2)O[C@H](c2ccc(CO)cc2)[C@@H]1C)C1CCCC1. The number of carbonyl (C=O) groups excluding carboxylic acids is 1. The van der Waals surface area contributed by atoms with Crippen LogP contribution < -0.4 is 5.32 Å². The third kappa shape index (κ3) is 6.67. The van der Waals surface area contributed by atoms with Crippen LogP contribution in [-0.2, 0) is 16.1 Å². The van der Waals surface area contributed by atoms with Gasteiger partial charge in [-0.15, -0.1) is 6.58 Å². The molecule has 2 aromatic carbocycles. The molecule has 0 spiro atoms. The lowest BCUT2D eigenvalue weighted by atomic mass is 9.89. The second kappa shape index (κ2) is 13.3. The van der Waals surface area contributed by atoms with Gasteiger partial charge in [-0.25, -0.2) is 0 Å². The highest BCUT2D eigenvalue weighted by Gasteiger charge is 2.40. The molecular weight excluding hydrogens is 502 g/mol. The van der Waals surface area contributed by atoms with Crippen molar-refractivity contribution in [3.63, 3.8) is 0 Å². The van der Waals surface area contributed by atoms with E-state index in [9.17, 15) is 9.90 Å². The van der Waals surface area contributed by atoms with Crippen molar-refractivity contribution in [3.05, 3.63) is 108 Å². The Balaban J connectivity index is 1.40. The molecule has 1 aliphatic heterocycles. The fraction of sp³-hybridized carbons (Fsp3) is 0.394. The minimum atomic E-state index is -0.604. The Bertz CT molecular complexity index is 1260. The first-order chi connectivity index (χ1) is 19.6. The summed E-state index contributed by atoms with van der Waals surface area (Å²) in [5.41, 5.74) is 3.92. The van der Waals surface area contributed by atoms with Gasteiger partial charge in [0, 0.05) is 48.7 Å². The molecule has 1 saturated carbocycles. The average Bonchev–Trinajstić information content (AvgIpc) is 3.54. The molecule has 1 saturated heterocycles. The number of ether oxygens (including phenoxy) is 2. The first-order valence-electron chi connectivity index (χ1n) is 14.2. The fourth-order valence-corrected chi connectivity index (χ4v) is 5.83. The fourth-order valence-electron chi connectivity index (χ4n) is 5.83. The molecule has 4 atom stereocenters. The number of nitrogens with one attached hydrogen (secondary N) is 1. The number of aliphatic hydroxyl groups excluding tert-OH is 1. The van der Waals surface area contributed by atoms with Crippen molar-refractivity contribution < 1.29 is 19.4 Å². The van der Waals surface area contributed by atoms with Gasteiger partial charge in [0.2, 0.25) is 0 Å². The zero-order valence-corrected chi connectivity index (χ0v) is 23.1. The summed E-state index contributed by atoms with van der Waals surface area (Å²) in [5, 5.41) is 12.5. The molecule has 1 aromatic heterocycles. The monoisotopic (exact) mass is 541 g/mol. The summed E-state index contributed by atoms with van der Waals surface area (Å²) in [6, 6.07) is 19.6. The van der Waals surface area contributed by atoms with E-state index in [2.05, 4.69) is 28.7 Å². The molecule has 7 heteroatoms. The molecule has 7 nitrogen and oxygen atoms in total. The van der Waals surface area contributed by atoms with Gasteiger partial charge < -0.3 is 19.9 Å². The van der Waals surface area contributed by atoms with Crippen LogP contribution in [0.15, 0.2) is 85.7 Å². The van der Waals surface area contributed by atoms with Crippen LogP contribution in [0.4, 0.5) is 5.69 Å². The van der Waals surface area contributed by atoms with Gasteiger partial charge in [-0.3, -0.25) is 14.7 Å². The van der Waals surface area contributed by atoms with Gasteiger partial charge in [-0.05, 0) is 48.2 Å². The van der Waals surface area contributed by atoms with Gasteiger partial charge in [-0.1, -0.05) is 62.2 Å². The van der Waals surface area contributed by atoms with E-state index in [1.807, 2.05) is 54.6 Å². The van der Waals surface area contributed by atoms with Gasteiger partial charge in [-0.2, -0.15) is 0 Å². The summed E-state index contributed by atoms with van der Waals surface area (Å²) in [6.07, 6.45) is 9.25. The van der Waals surface area contributed by atoms with Crippen LogP contribution in [0.5, 0.6) is 0 Å². The highest BCUT2D eigenvalue weighted by atomic mass is 16.7. The van der Waals surface area contributed by atoms with Crippen LogP contribution in [0.2, 0.25) is 0 Å². The standard InChI is InChI=1S/C33H39N3O4/c1-3-18-36(29-11-4-5-12-29)21-30-23(2)31(25-15-13-24(22-37)14-16-25)40-33(39-30)26-8-6-10-28(19-26)35-32(38)27-9-7-17-34-20-27/h3,6-10,13-17,19-20,23,29-31,33,37H,1,4-5,11-12,18,21-22H2,2H3,(H,35,38)/t23-,30+,31+,33+/m1/s1. The molecule has 3 aromatic rings. The molecule has 1 amide bonds. The zero-order valence-electron chi connectivity index (χ0n) is 23.1. The van der Waals surface area contributed by atoms with Gasteiger partial charge in [0.05, 0.1) is 24.4 Å². The number of rotatable bonds is 10. The number of carbonyl (C=O) groups is 1. The second-order valence-electron chi connectivity index (χ2n) is 10.8. The Morgan fingerprint density at radius 2 is 1.90 bits per heavy atom. The molecule has 2 aliphatic rings. The van der Waals surface area contributed by atoms with Crippen LogP contribution in [0.1, 0.15) is 72.0 Å². The van der Waals surface area contributed by atoms with Gasteiger partial charge in [0.1, 0.15) is 0 Å². The molecule has 0 radical (unpaired) electrons. The largest absolute Gasteiger partial charge is 0.392 e. The zero-order chi connectivity index (χ0) is 27.9. The Labute approximate surface area is 236 Å². The number of nitrogens with zero attached hydrogens (tertiary/aromatic N) is 2. The summed E-state index contributed by atoms with van der Waals surface area (Å²) in [4.78, 5) is 19.3.